The summed E-state index contributed by atoms with van der Waals surface area (Å²) in [4.78, 5) is 4.50. The average Bonchev–Trinajstić information content (AvgIpc) is 2.86. The molecule has 1 aromatic carbocycles. The topological polar surface area (TPSA) is 42.7 Å². The Morgan fingerprint density at radius 1 is 1.16 bits per heavy atom. The number of nitrogens with one attached hydrogen (secondary N) is 1. The highest BCUT2D eigenvalue weighted by molar-refractivity contribution is 5.83. The summed E-state index contributed by atoms with van der Waals surface area (Å²) in [6.45, 7) is 4.95. The molecule has 0 spiro atoms. The number of hydrogen-bond donors (Lipinski definition) is 1. The normalized spacial score (nSPS) is 10.8. The molecule has 4 nitrogen and oxygen atoms in total. The molecule has 19 heavy (non-hydrogen) atoms. The molecule has 4 heteroatoms. The van der Waals surface area contributed by atoms with Crippen LogP contribution in [-0.2, 0) is 6.54 Å². The number of aryl methyl sites for hydroxylation is 2. The molecule has 3 rings (SSSR count). The van der Waals surface area contributed by atoms with E-state index in [0.717, 1.165) is 34.5 Å². The lowest BCUT2D eigenvalue weighted by molar-refractivity contribution is 0.660. The van der Waals surface area contributed by atoms with Gasteiger partial charge >= 0.3 is 0 Å². The molecule has 0 bridgehead atoms. The number of anilines is 2. The lowest BCUT2D eigenvalue weighted by Gasteiger charge is -2.05. The van der Waals surface area contributed by atoms with Crippen LogP contribution in [0.2, 0.25) is 0 Å². The van der Waals surface area contributed by atoms with Crippen molar-refractivity contribution in [1.82, 2.24) is 14.8 Å². The van der Waals surface area contributed by atoms with Crippen molar-refractivity contribution in [1.29, 1.82) is 0 Å². The second-order valence-electron chi connectivity index (χ2n) is 4.57. The van der Waals surface area contributed by atoms with Crippen LogP contribution in [0.25, 0.3) is 10.9 Å². The van der Waals surface area contributed by atoms with Gasteiger partial charge in [-0.25, -0.2) is 0 Å². The number of fused-ring (bicyclic) bond motifs is 1. The third-order valence-corrected chi connectivity index (χ3v) is 3.07. The first-order chi connectivity index (χ1) is 9.24. The predicted octanol–water partition coefficient (Wildman–Crippen LogP) is 3.50. The maximum atomic E-state index is 4.50. The van der Waals surface area contributed by atoms with Crippen molar-refractivity contribution < 1.29 is 0 Å². The van der Waals surface area contributed by atoms with Gasteiger partial charge in [-0.05, 0) is 38.1 Å². The van der Waals surface area contributed by atoms with Crippen LogP contribution in [0.5, 0.6) is 0 Å². The largest absolute Gasteiger partial charge is 0.353 e. The van der Waals surface area contributed by atoms with Gasteiger partial charge in [0.1, 0.15) is 0 Å². The Morgan fingerprint density at radius 2 is 2.05 bits per heavy atom. The summed E-state index contributed by atoms with van der Waals surface area (Å²) >= 11 is 0. The molecule has 0 radical (unpaired) electrons. The summed E-state index contributed by atoms with van der Waals surface area (Å²) in [5.41, 5.74) is 4.11. The van der Waals surface area contributed by atoms with Gasteiger partial charge < -0.3 is 5.32 Å². The number of pyridine rings is 1. The highest BCUT2D eigenvalue weighted by Gasteiger charge is 2.01. The summed E-state index contributed by atoms with van der Waals surface area (Å²) in [7, 11) is 0. The molecule has 0 amide bonds. The van der Waals surface area contributed by atoms with Crippen molar-refractivity contribution in [2.24, 2.45) is 0 Å². The van der Waals surface area contributed by atoms with E-state index in [1.54, 1.807) is 0 Å². The van der Waals surface area contributed by atoms with E-state index >= 15 is 0 Å². The highest BCUT2D eigenvalue weighted by atomic mass is 15.3. The van der Waals surface area contributed by atoms with E-state index in [9.17, 15) is 0 Å². The van der Waals surface area contributed by atoms with Crippen LogP contribution in [0.1, 0.15) is 12.6 Å². The zero-order chi connectivity index (χ0) is 13.2. The average molecular weight is 252 g/mol. The van der Waals surface area contributed by atoms with E-state index in [0.29, 0.717) is 0 Å². The van der Waals surface area contributed by atoms with E-state index in [2.05, 4.69) is 34.5 Å². The number of benzene rings is 1. The van der Waals surface area contributed by atoms with E-state index in [1.165, 1.54) is 0 Å². The van der Waals surface area contributed by atoms with E-state index in [1.807, 2.05) is 42.2 Å². The molecule has 3 aromatic rings. The molecule has 2 aromatic heterocycles. The number of hydrogen-bond acceptors (Lipinski definition) is 3. The van der Waals surface area contributed by atoms with Gasteiger partial charge in [0.15, 0.2) is 0 Å². The van der Waals surface area contributed by atoms with Crippen LogP contribution in [0.3, 0.4) is 0 Å². The lowest BCUT2D eigenvalue weighted by Crippen LogP contribution is -1.93. The third-order valence-electron chi connectivity index (χ3n) is 3.07. The zero-order valence-electron chi connectivity index (χ0n) is 11.1. The van der Waals surface area contributed by atoms with Crippen LogP contribution in [-0.4, -0.2) is 14.8 Å². The highest BCUT2D eigenvalue weighted by Crippen LogP contribution is 2.21. The van der Waals surface area contributed by atoms with Crippen LogP contribution < -0.4 is 5.32 Å². The van der Waals surface area contributed by atoms with Crippen LogP contribution in [0.15, 0.2) is 42.7 Å². The first-order valence-corrected chi connectivity index (χ1v) is 6.41. The molecule has 0 fully saturated rings. The predicted molar refractivity (Wildman–Crippen MR) is 77.7 cm³/mol. The van der Waals surface area contributed by atoms with E-state index in [4.69, 9.17) is 0 Å². The van der Waals surface area contributed by atoms with Gasteiger partial charge in [0.2, 0.25) is 0 Å². The van der Waals surface area contributed by atoms with Crippen molar-refractivity contribution in [3.63, 3.8) is 0 Å². The molecule has 0 aliphatic heterocycles. The molecule has 0 unspecified atom stereocenters. The maximum Gasteiger partial charge on any atom is 0.0770 e. The fourth-order valence-electron chi connectivity index (χ4n) is 2.07. The molecule has 0 saturated carbocycles. The zero-order valence-corrected chi connectivity index (χ0v) is 11.1. The SMILES string of the molecule is CCn1cc(Nc2ccc3nc(C)ccc3c2)cn1. The molecule has 0 atom stereocenters. The molecule has 0 saturated heterocycles. The van der Waals surface area contributed by atoms with Crippen molar-refractivity contribution in [2.75, 3.05) is 5.32 Å². The molecule has 2 heterocycles. The monoisotopic (exact) mass is 252 g/mol. The second kappa shape index (κ2) is 4.72. The molecular formula is C15H16N4. The lowest BCUT2D eigenvalue weighted by atomic mass is 10.2. The van der Waals surface area contributed by atoms with E-state index in [-0.39, 0.29) is 0 Å². The third kappa shape index (κ3) is 2.42. The molecule has 96 valence electrons. The van der Waals surface area contributed by atoms with Crippen molar-refractivity contribution >= 4 is 22.3 Å². The minimum absolute atomic E-state index is 0.878. The summed E-state index contributed by atoms with van der Waals surface area (Å²) < 4.78 is 1.90. The summed E-state index contributed by atoms with van der Waals surface area (Å²) in [6, 6.07) is 10.3. The second-order valence-corrected chi connectivity index (χ2v) is 4.57. The van der Waals surface area contributed by atoms with Gasteiger partial charge in [0.25, 0.3) is 0 Å². The first kappa shape index (κ1) is 11.7. The Balaban J connectivity index is 1.90. The Hall–Kier alpha value is -2.36. The summed E-state index contributed by atoms with van der Waals surface area (Å²) in [5.74, 6) is 0. The molecule has 1 N–H and O–H groups in total. The fourth-order valence-corrected chi connectivity index (χ4v) is 2.07. The van der Waals surface area contributed by atoms with Crippen molar-refractivity contribution in [2.45, 2.75) is 20.4 Å². The fraction of sp³-hybridized carbons (Fsp3) is 0.200. The van der Waals surface area contributed by atoms with Gasteiger partial charge in [-0.3, -0.25) is 9.67 Å². The van der Waals surface area contributed by atoms with Crippen LogP contribution in [0.4, 0.5) is 11.4 Å². The smallest absolute Gasteiger partial charge is 0.0770 e. The molecule has 0 aliphatic carbocycles. The van der Waals surface area contributed by atoms with E-state index < -0.39 is 0 Å². The van der Waals surface area contributed by atoms with Crippen LogP contribution in [0, 0.1) is 6.92 Å². The first-order valence-electron chi connectivity index (χ1n) is 6.41. The Kier molecular flexibility index (Phi) is 2.91. The minimum Gasteiger partial charge on any atom is -0.353 e. The van der Waals surface area contributed by atoms with Gasteiger partial charge in [-0.2, -0.15) is 5.10 Å². The Labute approximate surface area is 112 Å². The summed E-state index contributed by atoms with van der Waals surface area (Å²) in [5, 5.41) is 8.74. The summed E-state index contributed by atoms with van der Waals surface area (Å²) in [6.07, 6.45) is 3.83. The Morgan fingerprint density at radius 3 is 2.84 bits per heavy atom. The number of rotatable bonds is 3. The quantitative estimate of drug-likeness (QED) is 0.775. The van der Waals surface area contributed by atoms with Gasteiger partial charge in [-0.1, -0.05) is 6.07 Å². The minimum atomic E-state index is 0.878. The maximum absolute atomic E-state index is 4.50. The van der Waals surface area contributed by atoms with Crippen molar-refractivity contribution in [3.05, 3.63) is 48.4 Å². The standard InChI is InChI=1S/C15H16N4/c1-3-19-10-14(9-16-19)18-13-6-7-15-12(8-13)5-4-11(2)17-15/h4-10,18H,3H2,1-2H3. The van der Waals surface area contributed by atoms with Crippen LogP contribution >= 0.6 is 0 Å². The Bertz CT molecular complexity index is 715. The van der Waals surface area contributed by atoms with Crippen molar-refractivity contribution in [3.8, 4) is 0 Å². The molecule has 0 aliphatic rings. The van der Waals surface area contributed by atoms with Gasteiger partial charge in [0.05, 0.1) is 17.4 Å². The number of aromatic nitrogens is 3. The van der Waals surface area contributed by atoms with Gasteiger partial charge in [0, 0.05) is 29.5 Å². The molecular weight excluding hydrogens is 236 g/mol. The van der Waals surface area contributed by atoms with Gasteiger partial charge in [-0.15, -0.1) is 0 Å². The number of nitrogens with zero attached hydrogens (tertiary/aromatic N) is 3.